The highest BCUT2D eigenvalue weighted by Gasteiger charge is 2.26. The largest absolute Gasteiger partial charge is 0.337 e. The number of rotatable bonds is 5. The van der Waals surface area contributed by atoms with Gasteiger partial charge in [-0.2, -0.15) is 0 Å². The van der Waals surface area contributed by atoms with Gasteiger partial charge in [-0.05, 0) is 45.2 Å². The van der Waals surface area contributed by atoms with Crippen LogP contribution < -0.4 is 10.2 Å². The zero-order chi connectivity index (χ0) is 13.8. The first-order valence-corrected chi connectivity index (χ1v) is 7.36. The second kappa shape index (κ2) is 6.33. The average molecular weight is 262 g/mol. The van der Waals surface area contributed by atoms with Crippen molar-refractivity contribution in [1.82, 2.24) is 15.3 Å². The van der Waals surface area contributed by atoms with E-state index in [1.54, 1.807) is 0 Å². The van der Waals surface area contributed by atoms with E-state index in [2.05, 4.69) is 34.0 Å². The summed E-state index contributed by atoms with van der Waals surface area (Å²) in [4.78, 5) is 11.6. The molecule has 0 spiro atoms. The topological polar surface area (TPSA) is 41.1 Å². The summed E-state index contributed by atoms with van der Waals surface area (Å²) in [7, 11) is 0. The Bertz CT molecular complexity index is 396. The minimum Gasteiger partial charge on any atom is -0.337 e. The molecule has 1 unspecified atom stereocenters. The number of hydrogen-bond acceptors (Lipinski definition) is 4. The molecule has 0 radical (unpaired) electrons. The highest BCUT2D eigenvalue weighted by molar-refractivity contribution is 5.35. The molecule has 0 saturated carbocycles. The number of aryl methyl sites for hydroxylation is 2. The summed E-state index contributed by atoms with van der Waals surface area (Å²) in [6, 6.07) is 2.57. The lowest BCUT2D eigenvalue weighted by Gasteiger charge is -2.25. The third-order valence-corrected chi connectivity index (χ3v) is 3.54. The molecule has 19 heavy (non-hydrogen) atoms. The molecule has 4 nitrogen and oxygen atoms in total. The van der Waals surface area contributed by atoms with E-state index in [9.17, 15) is 0 Å². The summed E-state index contributed by atoms with van der Waals surface area (Å²) in [6.45, 7) is 11.8. The molecule has 1 N–H and O–H groups in total. The summed E-state index contributed by atoms with van der Waals surface area (Å²) in [5.41, 5.74) is 2.12. The Labute approximate surface area is 116 Å². The number of hydrogen-bond donors (Lipinski definition) is 1. The molecule has 106 valence electrons. The van der Waals surface area contributed by atoms with Crippen LogP contribution in [0.25, 0.3) is 0 Å². The van der Waals surface area contributed by atoms with Crippen molar-refractivity contribution in [3.05, 3.63) is 17.5 Å². The van der Waals surface area contributed by atoms with Crippen LogP contribution in [0.15, 0.2) is 6.07 Å². The Balaban J connectivity index is 2.01. The zero-order valence-electron chi connectivity index (χ0n) is 12.6. The van der Waals surface area contributed by atoms with Gasteiger partial charge in [-0.1, -0.05) is 13.8 Å². The summed E-state index contributed by atoms with van der Waals surface area (Å²) < 4.78 is 0. The first-order valence-electron chi connectivity index (χ1n) is 7.36. The molecular weight excluding hydrogens is 236 g/mol. The van der Waals surface area contributed by atoms with Crippen LogP contribution in [0.1, 0.15) is 38.1 Å². The first-order chi connectivity index (χ1) is 9.06. The van der Waals surface area contributed by atoms with Crippen molar-refractivity contribution < 1.29 is 0 Å². The lowest BCUT2D eigenvalue weighted by Crippen LogP contribution is -2.40. The van der Waals surface area contributed by atoms with Crippen LogP contribution in [-0.2, 0) is 0 Å². The van der Waals surface area contributed by atoms with E-state index in [0.717, 1.165) is 37.0 Å². The van der Waals surface area contributed by atoms with Crippen molar-refractivity contribution in [1.29, 1.82) is 0 Å². The van der Waals surface area contributed by atoms with E-state index >= 15 is 0 Å². The summed E-state index contributed by atoms with van der Waals surface area (Å²) in [5, 5.41) is 3.56. The van der Waals surface area contributed by atoms with Crippen LogP contribution in [0.4, 0.5) is 5.95 Å². The van der Waals surface area contributed by atoms with E-state index in [1.165, 1.54) is 12.8 Å². The number of nitrogens with zero attached hydrogens (tertiary/aromatic N) is 3. The highest BCUT2D eigenvalue weighted by Crippen LogP contribution is 2.22. The SMILES string of the molecule is Cc1cc(C)nc(N2CCCC2CNCC(C)C)n1. The van der Waals surface area contributed by atoms with Crippen molar-refractivity contribution in [2.45, 2.75) is 46.6 Å². The maximum absolute atomic E-state index is 4.60. The molecule has 0 bridgehead atoms. The van der Waals surface area contributed by atoms with Gasteiger partial charge < -0.3 is 10.2 Å². The van der Waals surface area contributed by atoms with Gasteiger partial charge in [0.15, 0.2) is 0 Å². The molecule has 2 heterocycles. The minimum absolute atomic E-state index is 0.542. The van der Waals surface area contributed by atoms with Gasteiger partial charge in [-0.25, -0.2) is 9.97 Å². The predicted molar refractivity (Wildman–Crippen MR) is 79.6 cm³/mol. The molecule has 1 fully saturated rings. The average Bonchev–Trinajstić information content (AvgIpc) is 2.75. The quantitative estimate of drug-likeness (QED) is 0.884. The van der Waals surface area contributed by atoms with Gasteiger partial charge in [0.25, 0.3) is 0 Å². The molecule has 1 atom stereocenters. The first kappa shape index (κ1) is 14.3. The van der Waals surface area contributed by atoms with E-state index in [0.29, 0.717) is 12.0 Å². The molecule has 0 aromatic carbocycles. The molecule has 1 saturated heterocycles. The molecule has 0 aliphatic carbocycles. The molecule has 2 rings (SSSR count). The minimum atomic E-state index is 0.542. The lowest BCUT2D eigenvalue weighted by molar-refractivity contribution is 0.509. The maximum Gasteiger partial charge on any atom is 0.226 e. The summed E-state index contributed by atoms with van der Waals surface area (Å²) in [5.74, 6) is 1.61. The second-order valence-corrected chi connectivity index (χ2v) is 5.99. The van der Waals surface area contributed by atoms with Gasteiger partial charge in [-0.15, -0.1) is 0 Å². The monoisotopic (exact) mass is 262 g/mol. The zero-order valence-corrected chi connectivity index (χ0v) is 12.6. The lowest BCUT2D eigenvalue weighted by atomic mass is 10.2. The van der Waals surface area contributed by atoms with Crippen molar-refractivity contribution in [2.75, 3.05) is 24.5 Å². The molecular formula is C15H26N4. The molecule has 0 amide bonds. The van der Waals surface area contributed by atoms with Crippen LogP contribution in [0, 0.1) is 19.8 Å². The van der Waals surface area contributed by atoms with Gasteiger partial charge >= 0.3 is 0 Å². The Kier molecular flexibility index (Phi) is 4.75. The van der Waals surface area contributed by atoms with Crippen LogP contribution in [0.3, 0.4) is 0 Å². The van der Waals surface area contributed by atoms with Crippen LogP contribution in [-0.4, -0.2) is 35.6 Å². The summed E-state index contributed by atoms with van der Waals surface area (Å²) >= 11 is 0. The standard InChI is InChI=1S/C15H26N4/c1-11(2)9-16-10-14-6-5-7-19(14)15-17-12(3)8-13(4)18-15/h8,11,14,16H,5-7,9-10H2,1-4H3. The predicted octanol–water partition coefficient (Wildman–Crippen LogP) is 2.31. The fourth-order valence-electron chi connectivity index (χ4n) is 2.69. The third kappa shape index (κ3) is 3.90. The van der Waals surface area contributed by atoms with Gasteiger partial charge in [0.1, 0.15) is 0 Å². The third-order valence-electron chi connectivity index (χ3n) is 3.54. The van der Waals surface area contributed by atoms with Crippen molar-refractivity contribution in [3.8, 4) is 0 Å². The van der Waals surface area contributed by atoms with Gasteiger partial charge in [0, 0.05) is 30.5 Å². The maximum atomic E-state index is 4.60. The normalized spacial score (nSPS) is 19.4. The molecule has 1 aliphatic heterocycles. The Hall–Kier alpha value is -1.16. The van der Waals surface area contributed by atoms with E-state index < -0.39 is 0 Å². The summed E-state index contributed by atoms with van der Waals surface area (Å²) in [6.07, 6.45) is 2.48. The molecule has 1 aromatic heterocycles. The number of aromatic nitrogens is 2. The van der Waals surface area contributed by atoms with Crippen molar-refractivity contribution in [3.63, 3.8) is 0 Å². The number of nitrogens with one attached hydrogen (secondary N) is 1. The van der Waals surface area contributed by atoms with Crippen molar-refractivity contribution >= 4 is 5.95 Å². The Morgan fingerprint density at radius 1 is 1.32 bits per heavy atom. The van der Waals surface area contributed by atoms with Crippen LogP contribution >= 0.6 is 0 Å². The van der Waals surface area contributed by atoms with Gasteiger partial charge in [0.05, 0.1) is 0 Å². The van der Waals surface area contributed by atoms with Crippen molar-refractivity contribution in [2.24, 2.45) is 5.92 Å². The van der Waals surface area contributed by atoms with E-state index in [-0.39, 0.29) is 0 Å². The van der Waals surface area contributed by atoms with Gasteiger partial charge in [0.2, 0.25) is 5.95 Å². The second-order valence-electron chi connectivity index (χ2n) is 5.99. The molecule has 1 aliphatic rings. The Morgan fingerprint density at radius 3 is 2.63 bits per heavy atom. The van der Waals surface area contributed by atoms with E-state index in [4.69, 9.17) is 0 Å². The molecule has 4 heteroatoms. The van der Waals surface area contributed by atoms with Gasteiger partial charge in [-0.3, -0.25) is 0 Å². The fourth-order valence-corrected chi connectivity index (χ4v) is 2.69. The van der Waals surface area contributed by atoms with Crippen LogP contribution in [0.2, 0.25) is 0 Å². The Morgan fingerprint density at radius 2 is 2.00 bits per heavy atom. The fraction of sp³-hybridized carbons (Fsp3) is 0.733. The number of anilines is 1. The molecule has 1 aromatic rings. The van der Waals surface area contributed by atoms with E-state index in [1.807, 2.05) is 19.9 Å². The highest BCUT2D eigenvalue weighted by atomic mass is 15.3. The smallest absolute Gasteiger partial charge is 0.226 e. The van der Waals surface area contributed by atoms with Crippen LogP contribution in [0.5, 0.6) is 0 Å².